The van der Waals surface area contributed by atoms with E-state index in [0.717, 1.165) is 17.5 Å². The van der Waals surface area contributed by atoms with Gasteiger partial charge in [-0.2, -0.15) is 0 Å². The SMILES string of the molecule is COc1cc(/C=C/C(=O)OCC(=O)c2ccc3c(c2)-c2ccccc2C3)cc(OC)c1OC. The van der Waals surface area contributed by atoms with Gasteiger partial charge in [-0.1, -0.05) is 36.4 Å². The number of carbonyl (C=O) groups is 2. The molecule has 0 amide bonds. The molecule has 0 atom stereocenters. The van der Waals surface area contributed by atoms with Crippen LogP contribution in [0.5, 0.6) is 17.2 Å². The van der Waals surface area contributed by atoms with E-state index < -0.39 is 5.97 Å². The van der Waals surface area contributed by atoms with Crippen molar-refractivity contribution in [3.8, 4) is 28.4 Å². The van der Waals surface area contributed by atoms with E-state index in [4.69, 9.17) is 18.9 Å². The highest BCUT2D eigenvalue weighted by Crippen LogP contribution is 2.39. The van der Waals surface area contributed by atoms with Gasteiger partial charge >= 0.3 is 5.97 Å². The molecule has 3 aromatic carbocycles. The van der Waals surface area contributed by atoms with E-state index in [1.807, 2.05) is 24.3 Å². The molecule has 0 aromatic heterocycles. The summed E-state index contributed by atoms with van der Waals surface area (Å²) >= 11 is 0. The summed E-state index contributed by atoms with van der Waals surface area (Å²) in [5.74, 6) is 0.527. The van der Waals surface area contributed by atoms with Gasteiger partial charge in [0.05, 0.1) is 21.3 Å². The number of esters is 1. The number of carbonyl (C=O) groups excluding carboxylic acids is 2. The van der Waals surface area contributed by atoms with Crippen molar-refractivity contribution in [2.45, 2.75) is 6.42 Å². The zero-order chi connectivity index (χ0) is 23.4. The number of ether oxygens (including phenoxy) is 4. The van der Waals surface area contributed by atoms with Gasteiger partial charge in [-0.05, 0) is 58.5 Å². The van der Waals surface area contributed by atoms with Crippen LogP contribution in [0.4, 0.5) is 0 Å². The second kappa shape index (κ2) is 9.61. The van der Waals surface area contributed by atoms with Crippen molar-refractivity contribution in [2.24, 2.45) is 0 Å². The van der Waals surface area contributed by atoms with Crippen LogP contribution in [0.1, 0.15) is 27.0 Å². The molecule has 0 N–H and O–H groups in total. The van der Waals surface area contributed by atoms with Gasteiger partial charge < -0.3 is 18.9 Å². The van der Waals surface area contributed by atoms with E-state index in [0.29, 0.717) is 28.4 Å². The van der Waals surface area contributed by atoms with Crippen LogP contribution in [-0.2, 0) is 16.0 Å². The lowest BCUT2D eigenvalue weighted by atomic mass is 10.0. The highest BCUT2D eigenvalue weighted by molar-refractivity contribution is 6.00. The number of hydrogen-bond acceptors (Lipinski definition) is 6. The summed E-state index contributed by atoms with van der Waals surface area (Å²) < 4.78 is 21.1. The lowest BCUT2D eigenvalue weighted by molar-refractivity contribution is -0.136. The molecular weight excluding hydrogens is 420 g/mol. The number of rotatable bonds is 8. The number of fused-ring (bicyclic) bond motifs is 3. The minimum Gasteiger partial charge on any atom is -0.493 e. The normalized spacial score (nSPS) is 11.6. The molecule has 4 rings (SSSR count). The third-order valence-electron chi connectivity index (χ3n) is 5.56. The Labute approximate surface area is 192 Å². The molecule has 168 valence electrons. The highest BCUT2D eigenvalue weighted by Gasteiger charge is 2.20. The van der Waals surface area contributed by atoms with Gasteiger partial charge in [0.25, 0.3) is 0 Å². The Kier molecular flexibility index (Phi) is 6.45. The molecule has 0 fully saturated rings. The molecule has 0 unspecified atom stereocenters. The molecule has 0 aliphatic heterocycles. The second-order valence-corrected chi connectivity index (χ2v) is 7.53. The zero-order valence-corrected chi connectivity index (χ0v) is 18.7. The summed E-state index contributed by atoms with van der Waals surface area (Å²) in [5, 5.41) is 0. The Hall–Kier alpha value is -4.06. The number of ketones is 1. The predicted molar refractivity (Wildman–Crippen MR) is 125 cm³/mol. The standard InChI is InChI=1S/C27H24O6/c1-30-24-12-17(13-25(31-2)27(24)32-3)8-11-26(29)33-16-23(28)20-10-9-19-14-18-6-4-5-7-21(18)22(19)15-20/h4-13,15H,14,16H2,1-3H3/b11-8+. The van der Waals surface area contributed by atoms with Crippen molar-refractivity contribution in [1.82, 2.24) is 0 Å². The zero-order valence-electron chi connectivity index (χ0n) is 18.7. The first-order chi connectivity index (χ1) is 16.0. The lowest BCUT2D eigenvalue weighted by Gasteiger charge is -2.12. The van der Waals surface area contributed by atoms with E-state index in [1.165, 1.54) is 38.5 Å². The van der Waals surface area contributed by atoms with Crippen molar-refractivity contribution in [2.75, 3.05) is 27.9 Å². The predicted octanol–water partition coefficient (Wildman–Crippen LogP) is 4.72. The van der Waals surface area contributed by atoms with Crippen molar-refractivity contribution in [3.63, 3.8) is 0 Å². The Morgan fingerprint density at radius 1 is 0.848 bits per heavy atom. The molecule has 0 saturated heterocycles. The summed E-state index contributed by atoms with van der Waals surface area (Å²) in [5.41, 5.74) is 5.83. The molecule has 1 aliphatic carbocycles. The van der Waals surface area contributed by atoms with E-state index in [1.54, 1.807) is 24.3 Å². The Bertz CT molecular complexity index is 1220. The van der Waals surface area contributed by atoms with Gasteiger partial charge in [0, 0.05) is 11.6 Å². The van der Waals surface area contributed by atoms with Gasteiger partial charge in [-0.25, -0.2) is 4.79 Å². The Morgan fingerprint density at radius 2 is 1.55 bits per heavy atom. The van der Waals surface area contributed by atoms with Crippen molar-refractivity contribution in [1.29, 1.82) is 0 Å². The van der Waals surface area contributed by atoms with E-state index in [-0.39, 0.29) is 12.4 Å². The Balaban J connectivity index is 1.41. The third kappa shape index (κ3) is 4.60. The van der Waals surface area contributed by atoms with Crippen LogP contribution in [0.15, 0.2) is 60.7 Å². The fourth-order valence-electron chi connectivity index (χ4n) is 3.93. The maximum absolute atomic E-state index is 12.6. The minimum absolute atomic E-state index is 0.253. The smallest absolute Gasteiger partial charge is 0.331 e. The van der Waals surface area contributed by atoms with Gasteiger partial charge in [0.1, 0.15) is 0 Å². The summed E-state index contributed by atoms with van der Waals surface area (Å²) in [6, 6.07) is 17.2. The van der Waals surface area contributed by atoms with E-state index >= 15 is 0 Å². The lowest BCUT2D eigenvalue weighted by Crippen LogP contribution is -2.12. The van der Waals surface area contributed by atoms with Gasteiger partial charge in [0.15, 0.2) is 23.9 Å². The first kappa shape index (κ1) is 22.1. The molecule has 0 radical (unpaired) electrons. The largest absolute Gasteiger partial charge is 0.493 e. The van der Waals surface area contributed by atoms with Crippen LogP contribution in [0.2, 0.25) is 0 Å². The van der Waals surface area contributed by atoms with E-state index in [2.05, 4.69) is 12.1 Å². The summed E-state index contributed by atoms with van der Waals surface area (Å²) in [6.45, 7) is -0.334. The van der Waals surface area contributed by atoms with Gasteiger partial charge in [0.2, 0.25) is 5.75 Å². The molecule has 0 saturated carbocycles. The first-order valence-electron chi connectivity index (χ1n) is 10.4. The third-order valence-corrected chi connectivity index (χ3v) is 5.56. The van der Waals surface area contributed by atoms with Crippen LogP contribution in [-0.4, -0.2) is 39.7 Å². The molecular formula is C27H24O6. The number of methoxy groups -OCH3 is 3. The van der Waals surface area contributed by atoms with Crippen LogP contribution < -0.4 is 14.2 Å². The minimum atomic E-state index is -0.622. The molecule has 3 aromatic rings. The molecule has 0 bridgehead atoms. The highest BCUT2D eigenvalue weighted by atomic mass is 16.5. The van der Waals surface area contributed by atoms with Crippen LogP contribution >= 0.6 is 0 Å². The first-order valence-corrected chi connectivity index (χ1v) is 10.4. The van der Waals surface area contributed by atoms with Crippen LogP contribution in [0.3, 0.4) is 0 Å². The van der Waals surface area contributed by atoms with Crippen molar-refractivity contribution >= 4 is 17.8 Å². The number of hydrogen-bond donors (Lipinski definition) is 0. The Morgan fingerprint density at radius 3 is 2.24 bits per heavy atom. The molecule has 1 aliphatic rings. The van der Waals surface area contributed by atoms with Crippen molar-refractivity contribution < 1.29 is 28.5 Å². The second-order valence-electron chi connectivity index (χ2n) is 7.53. The molecule has 33 heavy (non-hydrogen) atoms. The van der Waals surface area contributed by atoms with Crippen LogP contribution in [0.25, 0.3) is 17.2 Å². The summed E-state index contributed by atoms with van der Waals surface area (Å²) in [7, 11) is 4.55. The maximum atomic E-state index is 12.6. The van der Waals surface area contributed by atoms with Gasteiger partial charge in [-0.15, -0.1) is 0 Å². The molecule has 6 nitrogen and oxygen atoms in total. The molecule has 0 heterocycles. The number of Topliss-reactive ketones (excluding diaryl/α,β-unsaturated/α-hetero) is 1. The fourth-order valence-corrected chi connectivity index (χ4v) is 3.93. The fraction of sp³-hybridized carbons (Fsp3) is 0.185. The monoisotopic (exact) mass is 444 g/mol. The molecule has 0 spiro atoms. The average Bonchev–Trinajstić information content (AvgIpc) is 3.23. The maximum Gasteiger partial charge on any atom is 0.331 e. The quantitative estimate of drug-likeness (QED) is 0.222. The van der Waals surface area contributed by atoms with Crippen molar-refractivity contribution in [3.05, 3.63) is 82.9 Å². The number of benzene rings is 3. The summed E-state index contributed by atoms with van der Waals surface area (Å²) in [6.07, 6.45) is 3.68. The van der Waals surface area contributed by atoms with Gasteiger partial charge in [-0.3, -0.25) is 4.79 Å². The summed E-state index contributed by atoms with van der Waals surface area (Å²) in [4.78, 5) is 24.8. The van der Waals surface area contributed by atoms with Crippen LogP contribution in [0, 0.1) is 0 Å². The molecule has 6 heteroatoms. The average molecular weight is 444 g/mol. The van der Waals surface area contributed by atoms with E-state index in [9.17, 15) is 9.59 Å². The topological polar surface area (TPSA) is 71.1 Å².